The molecule has 0 saturated heterocycles. The molecule has 1 saturated carbocycles. The van der Waals surface area contributed by atoms with Crippen molar-refractivity contribution in [2.45, 2.75) is 31.8 Å². The Balaban J connectivity index is 1.51. The molecule has 2 atom stereocenters. The van der Waals surface area contributed by atoms with Crippen molar-refractivity contribution in [3.8, 4) is 0 Å². The van der Waals surface area contributed by atoms with Gasteiger partial charge in [0.2, 0.25) is 0 Å². The maximum absolute atomic E-state index is 12.9. The molecular formula is C16H18FN3O2. The molecule has 0 spiro atoms. The molecule has 22 heavy (non-hydrogen) atoms. The van der Waals surface area contributed by atoms with Gasteiger partial charge in [-0.2, -0.15) is 0 Å². The van der Waals surface area contributed by atoms with Gasteiger partial charge in [-0.15, -0.1) is 0 Å². The number of rotatable bonds is 4. The highest BCUT2D eigenvalue weighted by molar-refractivity contribution is 5.74. The normalized spacial score (nSPS) is 19.8. The fourth-order valence-corrected chi connectivity index (χ4v) is 2.51. The van der Waals surface area contributed by atoms with Crippen LogP contribution in [0, 0.1) is 12.7 Å². The molecule has 2 aromatic rings. The Morgan fingerprint density at radius 2 is 2.18 bits per heavy atom. The first-order chi connectivity index (χ1) is 10.5. The molecular weight excluding hydrogens is 285 g/mol. The van der Waals surface area contributed by atoms with Crippen LogP contribution in [0.3, 0.4) is 0 Å². The van der Waals surface area contributed by atoms with Crippen LogP contribution in [-0.2, 0) is 6.54 Å². The number of nitrogens with zero attached hydrogens (tertiary/aromatic N) is 2. The Labute approximate surface area is 128 Å². The first-order valence-electron chi connectivity index (χ1n) is 7.22. The standard InChI is InChI=1S/C16H18FN3O2/c1-10-7-13(19-22-10)9-20(2)16(21)18-15-8-14(15)11-3-5-12(17)6-4-11/h3-7,14-15H,8-9H2,1-2H3,(H,18,21)/t14-,15-/m0/s1. The molecule has 0 radical (unpaired) electrons. The number of carbonyl (C=O) groups excluding carboxylic acids is 1. The third kappa shape index (κ3) is 3.27. The summed E-state index contributed by atoms with van der Waals surface area (Å²) in [7, 11) is 1.72. The number of aryl methyl sites for hydroxylation is 1. The molecule has 1 aliphatic rings. The summed E-state index contributed by atoms with van der Waals surface area (Å²) in [5.41, 5.74) is 1.78. The minimum Gasteiger partial charge on any atom is -0.361 e. The fraction of sp³-hybridized carbons (Fsp3) is 0.375. The van der Waals surface area contributed by atoms with Crippen LogP contribution in [0.2, 0.25) is 0 Å². The average molecular weight is 303 g/mol. The quantitative estimate of drug-likeness (QED) is 0.945. The lowest BCUT2D eigenvalue weighted by atomic mass is 10.1. The fourth-order valence-electron chi connectivity index (χ4n) is 2.51. The Morgan fingerprint density at radius 1 is 1.45 bits per heavy atom. The number of carbonyl (C=O) groups is 1. The maximum Gasteiger partial charge on any atom is 0.317 e. The Kier molecular flexibility index (Phi) is 3.83. The smallest absolute Gasteiger partial charge is 0.317 e. The van der Waals surface area contributed by atoms with E-state index in [1.54, 1.807) is 24.1 Å². The third-order valence-corrected chi connectivity index (χ3v) is 3.82. The lowest BCUT2D eigenvalue weighted by Gasteiger charge is -2.16. The predicted molar refractivity (Wildman–Crippen MR) is 78.8 cm³/mol. The Bertz CT molecular complexity index is 668. The van der Waals surface area contributed by atoms with Crippen molar-refractivity contribution in [1.29, 1.82) is 0 Å². The molecule has 0 bridgehead atoms. The Morgan fingerprint density at radius 3 is 2.82 bits per heavy atom. The van der Waals surface area contributed by atoms with E-state index in [0.717, 1.165) is 23.4 Å². The summed E-state index contributed by atoms with van der Waals surface area (Å²) >= 11 is 0. The summed E-state index contributed by atoms with van der Waals surface area (Å²) in [4.78, 5) is 13.7. The van der Waals surface area contributed by atoms with Crippen LogP contribution in [0.5, 0.6) is 0 Å². The summed E-state index contributed by atoms with van der Waals surface area (Å²) in [5, 5.41) is 6.85. The number of hydrogen-bond acceptors (Lipinski definition) is 3. The lowest BCUT2D eigenvalue weighted by Crippen LogP contribution is -2.38. The topological polar surface area (TPSA) is 58.4 Å². The van der Waals surface area contributed by atoms with Crippen LogP contribution in [0.25, 0.3) is 0 Å². The molecule has 0 unspecified atom stereocenters. The van der Waals surface area contributed by atoms with Crippen molar-refractivity contribution in [3.05, 3.63) is 53.2 Å². The van der Waals surface area contributed by atoms with E-state index in [-0.39, 0.29) is 23.8 Å². The minimum atomic E-state index is -0.243. The van der Waals surface area contributed by atoms with Gasteiger partial charge in [-0.1, -0.05) is 17.3 Å². The van der Waals surface area contributed by atoms with E-state index in [1.165, 1.54) is 12.1 Å². The zero-order valence-corrected chi connectivity index (χ0v) is 12.5. The van der Waals surface area contributed by atoms with Gasteiger partial charge in [0.15, 0.2) is 0 Å². The zero-order chi connectivity index (χ0) is 15.7. The van der Waals surface area contributed by atoms with Gasteiger partial charge in [0.25, 0.3) is 0 Å². The van der Waals surface area contributed by atoms with Gasteiger partial charge in [0.05, 0.1) is 6.54 Å². The highest BCUT2D eigenvalue weighted by atomic mass is 19.1. The maximum atomic E-state index is 12.9. The van der Waals surface area contributed by atoms with Gasteiger partial charge in [0, 0.05) is 25.1 Å². The van der Waals surface area contributed by atoms with E-state index in [9.17, 15) is 9.18 Å². The second-order valence-corrected chi connectivity index (χ2v) is 5.73. The van der Waals surface area contributed by atoms with Crippen LogP contribution >= 0.6 is 0 Å². The van der Waals surface area contributed by atoms with E-state index in [1.807, 2.05) is 13.0 Å². The van der Waals surface area contributed by atoms with Gasteiger partial charge in [-0.25, -0.2) is 9.18 Å². The van der Waals surface area contributed by atoms with Crippen LogP contribution in [-0.4, -0.2) is 29.2 Å². The second-order valence-electron chi connectivity index (χ2n) is 5.73. The number of amides is 2. The molecule has 6 heteroatoms. The number of urea groups is 1. The number of aromatic nitrogens is 1. The van der Waals surface area contributed by atoms with E-state index in [2.05, 4.69) is 10.5 Å². The molecule has 1 fully saturated rings. The van der Waals surface area contributed by atoms with Crippen LogP contribution in [0.15, 0.2) is 34.9 Å². The predicted octanol–water partition coefficient (Wildman–Crippen LogP) is 2.82. The van der Waals surface area contributed by atoms with Gasteiger partial charge in [-0.3, -0.25) is 0 Å². The summed E-state index contributed by atoms with van der Waals surface area (Å²) in [6.07, 6.45) is 0.883. The van der Waals surface area contributed by atoms with E-state index >= 15 is 0 Å². The van der Waals surface area contributed by atoms with E-state index in [4.69, 9.17) is 4.52 Å². The molecule has 0 aliphatic heterocycles. The molecule has 1 aromatic heterocycles. The van der Waals surface area contributed by atoms with Gasteiger partial charge >= 0.3 is 6.03 Å². The zero-order valence-electron chi connectivity index (χ0n) is 12.5. The number of benzene rings is 1. The van der Waals surface area contributed by atoms with E-state index in [0.29, 0.717) is 6.54 Å². The lowest BCUT2D eigenvalue weighted by molar-refractivity contribution is 0.205. The molecule has 116 valence electrons. The molecule has 3 rings (SSSR count). The molecule has 5 nitrogen and oxygen atoms in total. The first kappa shape index (κ1) is 14.6. The number of halogens is 1. The van der Waals surface area contributed by atoms with Crippen LogP contribution in [0.4, 0.5) is 9.18 Å². The molecule has 1 aliphatic carbocycles. The average Bonchev–Trinajstić information content (AvgIpc) is 3.13. The number of nitrogens with one attached hydrogen (secondary N) is 1. The third-order valence-electron chi connectivity index (χ3n) is 3.82. The van der Waals surface area contributed by atoms with Crippen molar-refractivity contribution in [1.82, 2.24) is 15.4 Å². The van der Waals surface area contributed by atoms with Crippen molar-refractivity contribution >= 4 is 6.03 Å². The summed E-state index contributed by atoms with van der Waals surface area (Å²) < 4.78 is 17.9. The van der Waals surface area contributed by atoms with Crippen molar-refractivity contribution < 1.29 is 13.7 Å². The highest BCUT2D eigenvalue weighted by Crippen LogP contribution is 2.40. The van der Waals surface area contributed by atoms with Gasteiger partial charge < -0.3 is 14.7 Å². The van der Waals surface area contributed by atoms with Gasteiger partial charge in [-0.05, 0) is 31.0 Å². The SMILES string of the molecule is Cc1cc(CN(C)C(=O)N[C@H]2C[C@H]2c2ccc(F)cc2)no1. The second kappa shape index (κ2) is 5.79. The minimum absolute atomic E-state index is 0.111. The van der Waals surface area contributed by atoms with Crippen LogP contribution in [0.1, 0.15) is 29.4 Å². The molecule has 2 amide bonds. The van der Waals surface area contributed by atoms with Crippen molar-refractivity contribution in [2.75, 3.05) is 7.05 Å². The van der Waals surface area contributed by atoms with E-state index < -0.39 is 0 Å². The highest BCUT2D eigenvalue weighted by Gasteiger charge is 2.39. The first-order valence-corrected chi connectivity index (χ1v) is 7.22. The summed E-state index contributed by atoms with van der Waals surface area (Å²) in [6.45, 7) is 2.21. The Hall–Kier alpha value is -2.37. The van der Waals surface area contributed by atoms with Crippen LogP contribution < -0.4 is 5.32 Å². The summed E-state index contributed by atoms with van der Waals surface area (Å²) in [6, 6.07) is 8.22. The largest absolute Gasteiger partial charge is 0.361 e. The van der Waals surface area contributed by atoms with Gasteiger partial charge in [0.1, 0.15) is 17.3 Å². The number of hydrogen-bond donors (Lipinski definition) is 1. The van der Waals surface area contributed by atoms with Crippen molar-refractivity contribution in [2.24, 2.45) is 0 Å². The monoisotopic (exact) mass is 303 g/mol. The molecule has 1 N–H and O–H groups in total. The molecule has 1 heterocycles. The summed E-state index contributed by atoms with van der Waals surface area (Å²) in [5.74, 6) is 0.752. The van der Waals surface area contributed by atoms with Crippen molar-refractivity contribution in [3.63, 3.8) is 0 Å². The molecule has 1 aromatic carbocycles.